The highest BCUT2D eigenvalue weighted by molar-refractivity contribution is 5.83. The molecule has 0 unspecified atom stereocenters. The van der Waals surface area contributed by atoms with Crippen LogP contribution in [0.15, 0.2) is 57.9 Å². The number of unbranched alkanes of at least 4 members (excludes halogenated alkanes) is 3. The van der Waals surface area contributed by atoms with Gasteiger partial charge in [0, 0.05) is 6.07 Å². The van der Waals surface area contributed by atoms with Gasteiger partial charge in [-0.3, -0.25) is 4.79 Å². The minimum Gasteiger partial charge on any atom is -0.493 e. The molecule has 3 nitrogen and oxygen atoms in total. The average molecular weight is 364 g/mol. The minimum absolute atomic E-state index is 0.0132. The number of fused-ring (bicyclic) bond motifs is 1. The van der Waals surface area contributed by atoms with Crippen LogP contribution in [0.2, 0.25) is 0 Å². The smallest absolute Gasteiger partial charge is 0.200 e. The number of aryl methyl sites for hydroxylation is 1. The highest BCUT2D eigenvalue weighted by Gasteiger charge is 2.13. The van der Waals surface area contributed by atoms with Crippen LogP contribution in [0.1, 0.15) is 51.5 Å². The van der Waals surface area contributed by atoms with E-state index in [9.17, 15) is 4.79 Å². The Morgan fingerprint density at radius 3 is 2.52 bits per heavy atom. The fourth-order valence-electron chi connectivity index (χ4n) is 3.30. The van der Waals surface area contributed by atoms with Gasteiger partial charge in [0.05, 0.1) is 17.6 Å². The summed E-state index contributed by atoms with van der Waals surface area (Å²) in [5.41, 5.74) is 3.18. The van der Waals surface area contributed by atoms with Crippen molar-refractivity contribution in [1.29, 1.82) is 0 Å². The summed E-state index contributed by atoms with van der Waals surface area (Å²) >= 11 is 0. The maximum Gasteiger partial charge on any atom is 0.200 e. The Labute approximate surface area is 161 Å². The van der Waals surface area contributed by atoms with E-state index < -0.39 is 0 Å². The van der Waals surface area contributed by atoms with Gasteiger partial charge in [-0.05, 0) is 36.5 Å². The van der Waals surface area contributed by atoms with E-state index in [0.29, 0.717) is 23.1 Å². The highest BCUT2D eigenvalue weighted by Crippen LogP contribution is 2.28. The number of benzene rings is 2. The van der Waals surface area contributed by atoms with Crippen molar-refractivity contribution in [2.75, 3.05) is 6.61 Å². The highest BCUT2D eigenvalue weighted by atomic mass is 16.5. The van der Waals surface area contributed by atoms with E-state index in [4.69, 9.17) is 9.15 Å². The second-order valence-corrected chi connectivity index (χ2v) is 6.96. The lowest BCUT2D eigenvalue weighted by atomic mass is 10.0. The van der Waals surface area contributed by atoms with Gasteiger partial charge in [0.1, 0.15) is 17.6 Å². The van der Waals surface area contributed by atoms with E-state index in [1.54, 1.807) is 6.26 Å². The van der Waals surface area contributed by atoms with Gasteiger partial charge in [-0.2, -0.15) is 0 Å². The zero-order chi connectivity index (χ0) is 19.1. The quantitative estimate of drug-likeness (QED) is 0.414. The van der Waals surface area contributed by atoms with Crippen molar-refractivity contribution in [2.24, 2.45) is 0 Å². The van der Waals surface area contributed by atoms with E-state index in [1.807, 2.05) is 42.5 Å². The minimum atomic E-state index is 0.0132. The van der Waals surface area contributed by atoms with Gasteiger partial charge in [-0.15, -0.1) is 0 Å². The monoisotopic (exact) mass is 364 g/mol. The van der Waals surface area contributed by atoms with E-state index >= 15 is 0 Å². The molecule has 3 aromatic rings. The van der Waals surface area contributed by atoms with E-state index in [2.05, 4.69) is 13.8 Å². The molecular weight excluding hydrogens is 336 g/mol. The molecule has 142 valence electrons. The number of hydrogen-bond donors (Lipinski definition) is 0. The predicted octanol–water partition coefficient (Wildman–Crippen LogP) is 6.37. The van der Waals surface area contributed by atoms with E-state index in [-0.39, 0.29) is 5.43 Å². The summed E-state index contributed by atoms with van der Waals surface area (Å²) in [6.07, 6.45) is 8.17. The largest absolute Gasteiger partial charge is 0.493 e. The number of ether oxygens (including phenoxy) is 1. The van der Waals surface area contributed by atoms with Gasteiger partial charge >= 0.3 is 0 Å². The molecule has 1 heterocycles. The standard InChI is InChI=1S/C24H28O3/c1-3-5-6-8-13-19-15-20-23(16-22(19)26-14-4-2)27-17-21(24(20)25)18-11-9-7-10-12-18/h7,9-12,15-17H,3-6,8,13-14H2,1-2H3. The summed E-state index contributed by atoms with van der Waals surface area (Å²) in [5, 5.41) is 0.630. The molecular formula is C24H28O3. The summed E-state index contributed by atoms with van der Waals surface area (Å²) in [6.45, 7) is 4.97. The van der Waals surface area contributed by atoms with Crippen LogP contribution in [0.5, 0.6) is 5.75 Å². The molecule has 0 saturated heterocycles. The second kappa shape index (κ2) is 9.40. The molecule has 0 N–H and O–H groups in total. The Bertz CT molecular complexity index is 926. The molecule has 3 rings (SSSR count). The summed E-state index contributed by atoms with van der Waals surface area (Å²) in [5.74, 6) is 0.844. The van der Waals surface area contributed by atoms with Crippen molar-refractivity contribution in [3.63, 3.8) is 0 Å². The van der Waals surface area contributed by atoms with Crippen molar-refractivity contribution in [2.45, 2.75) is 52.4 Å². The Morgan fingerprint density at radius 2 is 1.78 bits per heavy atom. The molecule has 0 aliphatic carbocycles. The van der Waals surface area contributed by atoms with Crippen LogP contribution < -0.4 is 10.2 Å². The molecule has 3 heteroatoms. The predicted molar refractivity (Wildman–Crippen MR) is 112 cm³/mol. The molecule has 0 saturated carbocycles. The van der Waals surface area contributed by atoms with E-state index in [1.165, 1.54) is 19.3 Å². The number of rotatable bonds is 9. The van der Waals surface area contributed by atoms with Crippen LogP contribution in [0.4, 0.5) is 0 Å². The van der Waals surface area contributed by atoms with Crippen molar-refractivity contribution in [3.8, 4) is 16.9 Å². The first-order valence-electron chi connectivity index (χ1n) is 10.0. The third-order valence-corrected chi connectivity index (χ3v) is 4.80. The normalized spacial score (nSPS) is 11.0. The maximum absolute atomic E-state index is 13.1. The summed E-state index contributed by atoms with van der Waals surface area (Å²) < 4.78 is 11.8. The Hall–Kier alpha value is -2.55. The first kappa shape index (κ1) is 19.2. The lowest BCUT2D eigenvalue weighted by Gasteiger charge is -2.13. The summed E-state index contributed by atoms with van der Waals surface area (Å²) in [7, 11) is 0. The van der Waals surface area contributed by atoms with Gasteiger partial charge in [-0.25, -0.2) is 0 Å². The molecule has 27 heavy (non-hydrogen) atoms. The molecule has 0 aliphatic heterocycles. The van der Waals surface area contributed by atoms with Crippen LogP contribution >= 0.6 is 0 Å². The topological polar surface area (TPSA) is 39.4 Å². The molecule has 1 aromatic heterocycles. The van der Waals surface area contributed by atoms with Gasteiger partial charge in [0.25, 0.3) is 0 Å². The molecule has 0 fully saturated rings. The van der Waals surface area contributed by atoms with Crippen molar-refractivity contribution >= 4 is 11.0 Å². The van der Waals surface area contributed by atoms with Crippen LogP contribution in [0.25, 0.3) is 22.1 Å². The van der Waals surface area contributed by atoms with Crippen LogP contribution in [-0.4, -0.2) is 6.61 Å². The number of hydrogen-bond acceptors (Lipinski definition) is 3. The molecule has 0 bridgehead atoms. The fraction of sp³-hybridized carbons (Fsp3) is 0.375. The van der Waals surface area contributed by atoms with Crippen LogP contribution in [0, 0.1) is 0 Å². The zero-order valence-corrected chi connectivity index (χ0v) is 16.3. The Balaban J connectivity index is 2.02. The molecule has 2 aromatic carbocycles. The second-order valence-electron chi connectivity index (χ2n) is 6.96. The lowest BCUT2D eigenvalue weighted by molar-refractivity contribution is 0.314. The van der Waals surface area contributed by atoms with Gasteiger partial charge in [0.15, 0.2) is 0 Å². The van der Waals surface area contributed by atoms with Crippen molar-refractivity contribution in [1.82, 2.24) is 0 Å². The molecule has 0 aliphatic rings. The molecule has 0 radical (unpaired) electrons. The first-order valence-corrected chi connectivity index (χ1v) is 10.0. The SMILES string of the molecule is CCCCCCc1cc2c(=O)c(-c3ccccc3)coc2cc1OCCC. The Kier molecular flexibility index (Phi) is 6.69. The fourth-order valence-corrected chi connectivity index (χ4v) is 3.30. The van der Waals surface area contributed by atoms with Crippen molar-refractivity contribution < 1.29 is 9.15 Å². The average Bonchev–Trinajstić information content (AvgIpc) is 2.70. The third kappa shape index (κ3) is 4.60. The lowest BCUT2D eigenvalue weighted by Crippen LogP contribution is -2.07. The van der Waals surface area contributed by atoms with E-state index in [0.717, 1.165) is 36.1 Å². The molecule has 0 amide bonds. The first-order chi connectivity index (χ1) is 13.2. The summed E-state index contributed by atoms with van der Waals surface area (Å²) in [6, 6.07) is 13.5. The molecule has 0 atom stereocenters. The summed E-state index contributed by atoms with van der Waals surface area (Å²) in [4.78, 5) is 13.1. The van der Waals surface area contributed by atoms with Gasteiger partial charge in [0.2, 0.25) is 5.43 Å². The third-order valence-electron chi connectivity index (χ3n) is 4.80. The van der Waals surface area contributed by atoms with Crippen LogP contribution in [0.3, 0.4) is 0 Å². The zero-order valence-electron chi connectivity index (χ0n) is 16.3. The van der Waals surface area contributed by atoms with Crippen LogP contribution in [-0.2, 0) is 6.42 Å². The maximum atomic E-state index is 13.1. The Morgan fingerprint density at radius 1 is 0.963 bits per heavy atom. The van der Waals surface area contributed by atoms with Gasteiger partial charge in [-0.1, -0.05) is 63.4 Å². The molecule has 0 spiro atoms. The van der Waals surface area contributed by atoms with Gasteiger partial charge < -0.3 is 9.15 Å². The van der Waals surface area contributed by atoms with Crippen molar-refractivity contribution in [3.05, 3.63) is 64.5 Å².